The van der Waals surface area contributed by atoms with Crippen LogP contribution in [0.2, 0.25) is 0 Å². The number of hydrogen-bond acceptors (Lipinski definition) is 6. The van der Waals surface area contributed by atoms with E-state index in [2.05, 4.69) is 22.1 Å². The second-order valence-corrected chi connectivity index (χ2v) is 6.20. The molecule has 28 heavy (non-hydrogen) atoms. The molecule has 0 fully saturated rings. The summed E-state index contributed by atoms with van der Waals surface area (Å²) in [5.41, 5.74) is 2.48. The summed E-state index contributed by atoms with van der Waals surface area (Å²) in [6, 6.07) is 18.1. The van der Waals surface area contributed by atoms with Gasteiger partial charge in [0.1, 0.15) is 0 Å². The third-order valence-electron chi connectivity index (χ3n) is 4.51. The molecule has 0 aliphatic carbocycles. The van der Waals surface area contributed by atoms with Gasteiger partial charge in [0.05, 0.1) is 28.3 Å². The SMILES string of the molecule is CCN(CCOC)c1ccc(/N=N\c2ccc([N+](=O)[O-])c3ccccc23)cc1. The third kappa shape index (κ3) is 4.32. The van der Waals surface area contributed by atoms with Gasteiger partial charge in [0.15, 0.2) is 0 Å². The zero-order valence-electron chi connectivity index (χ0n) is 15.9. The highest BCUT2D eigenvalue weighted by molar-refractivity contribution is 5.98. The molecule has 0 radical (unpaired) electrons. The Balaban J connectivity index is 1.84. The van der Waals surface area contributed by atoms with Gasteiger partial charge < -0.3 is 9.64 Å². The van der Waals surface area contributed by atoms with Crippen LogP contribution >= 0.6 is 0 Å². The van der Waals surface area contributed by atoms with Crippen LogP contribution in [-0.2, 0) is 4.74 Å². The second kappa shape index (κ2) is 9.05. The van der Waals surface area contributed by atoms with E-state index in [4.69, 9.17) is 4.74 Å². The molecule has 0 N–H and O–H groups in total. The molecule has 7 nitrogen and oxygen atoms in total. The highest BCUT2D eigenvalue weighted by Gasteiger charge is 2.13. The highest BCUT2D eigenvalue weighted by Crippen LogP contribution is 2.34. The molecule has 0 amide bonds. The Bertz CT molecular complexity index is 987. The predicted octanol–water partition coefficient (Wildman–Crippen LogP) is 5.64. The summed E-state index contributed by atoms with van der Waals surface area (Å²) in [4.78, 5) is 13.1. The molecule has 0 aliphatic heterocycles. The number of non-ortho nitro benzene ring substituents is 1. The standard InChI is InChI=1S/C21H22N4O3/c1-3-24(14-15-28-2)17-10-8-16(9-11-17)22-23-20-12-13-21(25(26)27)19-7-5-4-6-18(19)20/h4-13H,3,14-15H2,1-2H3/b23-22-. The van der Waals surface area contributed by atoms with Crippen molar-refractivity contribution in [2.24, 2.45) is 10.2 Å². The van der Waals surface area contributed by atoms with Crippen molar-refractivity contribution < 1.29 is 9.66 Å². The molecule has 0 atom stereocenters. The molecular weight excluding hydrogens is 356 g/mol. The van der Waals surface area contributed by atoms with Gasteiger partial charge in [-0.15, -0.1) is 5.11 Å². The fraction of sp³-hybridized carbons (Fsp3) is 0.238. The number of anilines is 1. The van der Waals surface area contributed by atoms with Gasteiger partial charge in [-0.05, 0) is 43.3 Å². The van der Waals surface area contributed by atoms with Crippen LogP contribution in [0, 0.1) is 10.1 Å². The molecular formula is C21H22N4O3. The number of likely N-dealkylation sites (N-methyl/N-ethyl adjacent to an activating group) is 1. The van der Waals surface area contributed by atoms with Crippen LogP contribution in [0.25, 0.3) is 10.8 Å². The Morgan fingerprint density at radius 3 is 2.36 bits per heavy atom. The fourth-order valence-corrected chi connectivity index (χ4v) is 3.03. The molecule has 0 heterocycles. The number of benzene rings is 3. The summed E-state index contributed by atoms with van der Waals surface area (Å²) in [6.45, 7) is 4.48. The third-order valence-corrected chi connectivity index (χ3v) is 4.51. The van der Waals surface area contributed by atoms with Gasteiger partial charge in [-0.3, -0.25) is 10.1 Å². The number of methoxy groups -OCH3 is 1. The van der Waals surface area contributed by atoms with Crippen molar-refractivity contribution in [3.05, 3.63) is 70.8 Å². The lowest BCUT2D eigenvalue weighted by Gasteiger charge is -2.22. The molecule has 0 aliphatic rings. The molecule has 3 aromatic carbocycles. The lowest BCUT2D eigenvalue weighted by atomic mass is 10.1. The van der Waals surface area contributed by atoms with Crippen molar-refractivity contribution in [1.82, 2.24) is 0 Å². The number of hydrogen-bond donors (Lipinski definition) is 0. The lowest BCUT2D eigenvalue weighted by Crippen LogP contribution is -2.26. The molecule has 0 spiro atoms. The first kappa shape index (κ1) is 19.4. The predicted molar refractivity (Wildman–Crippen MR) is 111 cm³/mol. The Hall–Kier alpha value is -3.32. The Morgan fingerprint density at radius 2 is 1.71 bits per heavy atom. The maximum absolute atomic E-state index is 11.2. The van der Waals surface area contributed by atoms with Crippen molar-refractivity contribution in [2.75, 3.05) is 31.7 Å². The minimum atomic E-state index is -0.384. The first-order chi connectivity index (χ1) is 13.6. The summed E-state index contributed by atoms with van der Waals surface area (Å²) in [5.74, 6) is 0. The van der Waals surface area contributed by atoms with E-state index in [1.165, 1.54) is 6.07 Å². The molecule has 3 rings (SSSR count). The van der Waals surface area contributed by atoms with Gasteiger partial charge >= 0.3 is 0 Å². The first-order valence-corrected chi connectivity index (χ1v) is 9.06. The van der Waals surface area contributed by atoms with Crippen molar-refractivity contribution >= 4 is 33.5 Å². The van der Waals surface area contributed by atoms with Crippen molar-refractivity contribution in [3.63, 3.8) is 0 Å². The topological polar surface area (TPSA) is 80.3 Å². The van der Waals surface area contributed by atoms with E-state index >= 15 is 0 Å². The van der Waals surface area contributed by atoms with Gasteiger partial charge in [-0.2, -0.15) is 5.11 Å². The number of azo groups is 1. The average molecular weight is 378 g/mol. The minimum Gasteiger partial charge on any atom is -0.383 e. The normalized spacial score (nSPS) is 11.2. The molecule has 3 aromatic rings. The Kier molecular flexibility index (Phi) is 6.29. The van der Waals surface area contributed by atoms with E-state index in [-0.39, 0.29) is 10.6 Å². The summed E-state index contributed by atoms with van der Waals surface area (Å²) in [7, 11) is 1.69. The molecule has 7 heteroatoms. The van der Waals surface area contributed by atoms with Gasteiger partial charge in [0.2, 0.25) is 0 Å². The average Bonchev–Trinajstić information content (AvgIpc) is 2.73. The van der Waals surface area contributed by atoms with Crippen LogP contribution in [0.15, 0.2) is 70.9 Å². The van der Waals surface area contributed by atoms with E-state index in [0.29, 0.717) is 28.8 Å². The van der Waals surface area contributed by atoms with E-state index < -0.39 is 0 Å². The van der Waals surface area contributed by atoms with E-state index in [9.17, 15) is 10.1 Å². The van der Waals surface area contributed by atoms with Gasteiger partial charge in [-0.25, -0.2) is 0 Å². The maximum Gasteiger partial charge on any atom is 0.277 e. The van der Waals surface area contributed by atoms with Crippen LogP contribution in [0.3, 0.4) is 0 Å². The smallest absolute Gasteiger partial charge is 0.277 e. The van der Waals surface area contributed by atoms with E-state index in [1.807, 2.05) is 36.4 Å². The molecule has 144 valence electrons. The van der Waals surface area contributed by atoms with Gasteiger partial charge in [0, 0.05) is 37.3 Å². The summed E-state index contributed by atoms with van der Waals surface area (Å²) in [5, 5.41) is 21.1. The van der Waals surface area contributed by atoms with Crippen molar-refractivity contribution in [2.45, 2.75) is 6.92 Å². The zero-order chi connectivity index (χ0) is 19.9. The summed E-state index contributed by atoms with van der Waals surface area (Å²) >= 11 is 0. The Morgan fingerprint density at radius 1 is 1.00 bits per heavy atom. The molecule has 0 saturated carbocycles. The van der Waals surface area contributed by atoms with Crippen LogP contribution in [0.1, 0.15) is 6.92 Å². The van der Waals surface area contributed by atoms with Crippen LogP contribution in [0.5, 0.6) is 0 Å². The quantitative estimate of drug-likeness (QED) is 0.289. The number of nitro groups is 1. The summed E-state index contributed by atoms with van der Waals surface area (Å²) in [6.07, 6.45) is 0. The van der Waals surface area contributed by atoms with Crippen LogP contribution in [0.4, 0.5) is 22.7 Å². The van der Waals surface area contributed by atoms with Crippen LogP contribution < -0.4 is 4.90 Å². The number of nitro benzene ring substituents is 1. The number of ether oxygens (including phenoxy) is 1. The molecule has 0 saturated heterocycles. The first-order valence-electron chi connectivity index (χ1n) is 9.06. The molecule has 0 unspecified atom stereocenters. The van der Waals surface area contributed by atoms with Gasteiger partial charge in [0.25, 0.3) is 5.69 Å². The van der Waals surface area contributed by atoms with Gasteiger partial charge in [-0.1, -0.05) is 18.2 Å². The number of fused-ring (bicyclic) bond motifs is 1. The van der Waals surface area contributed by atoms with E-state index in [0.717, 1.165) is 18.8 Å². The molecule has 0 aromatic heterocycles. The number of nitrogens with zero attached hydrogens (tertiary/aromatic N) is 4. The van der Waals surface area contributed by atoms with Crippen molar-refractivity contribution in [3.8, 4) is 0 Å². The largest absolute Gasteiger partial charge is 0.383 e. The second-order valence-electron chi connectivity index (χ2n) is 6.20. The van der Waals surface area contributed by atoms with Crippen LogP contribution in [-0.4, -0.2) is 31.7 Å². The monoisotopic (exact) mass is 378 g/mol. The number of rotatable bonds is 8. The maximum atomic E-state index is 11.2. The molecule has 0 bridgehead atoms. The zero-order valence-corrected chi connectivity index (χ0v) is 15.9. The highest BCUT2D eigenvalue weighted by atomic mass is 16.6. The van der Waals surface area contributed by atoms with E-state index in [1.54, 1.807) is 25.3 Å². The Labute approximate surface area is 163 Å². The fourth-order valence-electron chi connectivity index (χ4n) is 3.03. The summed E-state index contributed by atoms with van der Waals surface area (Å²) < 4.78 is 5.15. The van der Waals surface area contributed by atoms with Crippen molar-refractivity contribution in [1.29, 1.82) is 0 Å². The lowest BCUT2D eigenvalue weighted by molar-refractivity contribution is -0.383. The minimum absolute atomic E-state index is 0.0645.